The van der Waals surface area contributed by atoms with E-state index in [2.05, 4.69) is 31.3 Å². The molecule has 12 heteroatoms. The number of nitrogens with zero attached hydrogens (tertiary/aromatic N) is 1. The lowest BCUT2D eigenvalue weighted by Crippen LogP contribution is -2.38. The zero-order valence-electron chi connectivity index (χ0n) is 18.0. The average molecular weight is 536 g/mol. The Bertz CT molecular complexity index is 1190. The van der Waals surface area contributed by atoms with Gasteiger partial charge in [0.2, 0.25) is 5.91 Å². The first-order valence-electron chi connectivity index (χ1n) is 9.69. The van der Waals surface area contributed by atoms with Crippen LogP contribution in [0, 0.1) is 5.82 Å². The van der Waals surface area contributed by atoms with Gasteiger partial charge in [-0.15, -0.1) is 0 Å². The van der Waals surface area contributed by atoms with Crippen molar-refractivity contribution in [1.82, 2.24) is 10.2 Å². The minimum Gasteiger partial charge on any atom is -0.493 e. The van der Waals surface area contributed by atoms with Gasteiger partial charge in [0.1, 0.15) is 18.1 Å². The summed E-state index contributed by atoms with van der Waals surface area (Å²) in [7, 11) is 2.62. The molecule has 0 spiro atoms. The molecule has 0 saturated carbocycles. The predicted molar refractivity (Wildman–Crippen MR) is 121 cm³/mol. The lowest BCUT2D eigenvalue weighted by Gasteiger charge is -2.13. The molecule has 4 amide bonds. The van der Waals surface area contributed by atoms with Gasteiger partial charge in [0.15, 0.2) is 18.1 Å². The minimum atomic E-state index is -0.802. The van der Waals surface area contributed by atoms with Crippen LogP contribution >= 0.6 is 15.9 Å². The van der Waals surface area contributed by atoms with Gasteiger partial charge in [-0.05, 0) is 51.8 Å². The molecule has 2 N–H and O–H groups in total. The molecule has 34 heavy (non-hydrogen) atoms. The van der Waals surface area contributed by atoms with Crippen molar-refractivity contribution in [3.8, 4) is 11.5 Å². The van der Waals surface area contributed by atoms with Crippen LogP contribution in [0.25, 0.3) is 6.08 Å². The van der Waals surface area contributed by atoms with Crippen molar-refractivity contribution in [2.24, 2.45) is 0 Å². The zero-order chi connectivity index (χ0) is 24.8. The van der Waals surface area contributed by atoms with E-state index >= 15 is 0 Å². The van der Waals surface area contributed by atoms with E-state index in [1.807, 2.05) is 0 Å². The van der Waals surface area contributed by atoms with Crippen LogP contribution in [-0.4, -0.2) is 56.1 Å². The number of carbonyl (C=O) groups excluding carboxylic acids is 4. The van der Waals surface area contributed by atoms with Gasteiger partial charge in [0.25, 0.3) is 5.91 Å². The fourth-order valence-corrected chi connectivity index (χ4v) is 3.51. The maximum absolute atomic E-state index is 13.7. The standard InChI is InChI=1S/C22H19BrFN3O7/c1-32-17-9-12(7-13(23)20(17)34-11-19(29)33-2)8-16-21(30)27(22(31)26-16)10-18(28)25-15-6-4-3-5-14(15)24/h3-9H,10-11H2,1-2H3,(H,25,28)(H,26,31)/b16-8+. The van der Waals surface area contributed by atoms with Crippen molar-refractivity contribution in [3.63, 3.8) is 0 Å². The van der Waals surface area contributed by atoms with Gasteiger partial charge < -0.3 is 24.8 Å². The van der Waals surface area contributed by atoms with Crippen molar-refractivity contribution < 1.29 is 37.8 Å². The van der Waals surface area contributed by atoms with Crippen LogP contribution in [-0.2, 0) is 19.1 Å². The van der Waals surface area contributed by atoms with Crippen LogP contribution in [0.1, 0.15) is 5.56 Å². The molecule has 0 unspecified atom stereocenters. The van der Waals surface area contributed by atoms with Crippen LogP contribution in [0.4, 0.5) is 14.9 Å². The third kappa shape index (κ3) is 5.70. The quantitative estimate of drug-likeness (QED) is 0.302. The molecule has 1 fully saturated rings. The van der Waals surface area contributed by atoms with Gasteiger partial charge in [-0.1, -0.05) is 12.1 Å². The highest BCUT2D eigenvalue weighted by Gasteiger charge is 2.35. The number of urea groups is 1. The third-order valence-corrected chi connectivity index (χ3v) is 5.13. The second-order valence-corrected chi connectivity index (χ2v) is 7.66. The molecule has 0 radical (unpaired) electrons. The van der Waals surface area contributed by atoms with Crippen LogP contribution in [0.3, 0.4) is 0 Å². The van der Waals surface area contributed by atoms with Crippen molar-refractivity contribution in [1.29, 1.82) is 0 Å². The van der Waals surface area contributed by atoms with Crippen LogP contribution in [0.5, 0.6) is 11.5 Å². The number of benzene rings is 2. The summed E-state index contributed by atoms with van der Waals surface area (Å²) in [6.07, 6.45) is 1.38. The van der Waals surface area contributed by atoms with E-state index in [0.29, 0.717) is 14.9 Å². The molecule has 1 saturated heterocycles. The molecule has 1 aliphatic heterocycles. The number of para-hydroxylation sites is 1. The number of amides is 4. The first-order valence-corrected chi connectivity index (χ1v) is 10.5. The fraction of sp³-hybridized carbons (Fsp3) is 0.182. The molecule has 10 nitrogen and oxygen atoms in total. The monoisotopic (exact) mass is 535 g/mol. The van der Waals surface area contributed by atoms with E-state index in [1.54, 1.807) is 6.07 Å². The molecule has 1 heterocycles. The maximum Gasteiger partial charge on any atom is 0.343 e. The highest BCUT2D eigenvalue weighted by molar-refractivity contribution is 9.10. The normalized spacial score (nSPS) is 14.1. The number of rotatable bonds is 8. The summed E-state index contributed by atoms with van der Waals surface area (Å²) in [6, 6.07) is 7.82. The molecule has 2 aromatic rings. The molecule has 0 bridgehead atoms. The van der Waals surface area contributed by atoms with Gasteiger partial charge in [-0.25, -0.2) is 18.9 Å². The van der Waals surface area contributed by atoms with Gasteiger partial charge >= 0.3 is 12.0 Å². The number of imide groups is 1. The number of nitrogens with one attached hydrogen (secondary N) is 2. The number of hydrogen-bond donors (Lipinski definition) is 2. The number of hydrogen-bond acceptors (Lipinski definition) is 7. The molecule has 2 aromatic carbocycles. The lowest BCUT2D eigenvalue weighted by atomic mass is 10.1. The van der Waals surface area contributed by atoms with Gasteiger partial charge in [0, 0.05) is 0 Å². The van der Waals surface area contributed by atoms with Crippen LogP contribution < -0.4 is 20.1 Å². The Morgan fingerprint density at radius 1 is 1.21 bits per heavy atom. The average Bonchev–Trinajstić information content (AvgIpc) is 3.06. The molecule has 0 aliphatic carbocycles. The number of halogens is 2. The minimum absolute atomic E-state index is 0.0678. The number of esters is 1. The largest absolute Gasteiger partial charge is 0.493 e. The topological polar surface area (TPSA) is 123 Å². The maximum atomic E-state index is 13.7. The lowest BCUT2D eigenvalue weighted by molar-refractivity contribution is -0.143. The summed E-state index contributed by atoms with van der Waals surface area (Å²) in [5.41, 5.74) is 0.304. The van der Waals surface area contributed by atoms with Crippen LogP contribution in [0.2, 0.25) is 0 Å². The summed E-state index contributed by atoms with van der Waals surface area (Å²) in [4.78, 5) is 49.2. The Balaban J connectivity index is 1.75. The van der Waals surface area contributed by atoms with E-state index < -0.39 is 36.2 Å². The Morgan fingerprint density at radius 3 is 2.62 bits per heavy atom. The van der Waals surface area contributed by atoms with E-state index in [-0.39, 0.29) is 29.5 Å². The van der Waals surface area contributed by atoms with E-state index in [4.69, 9.17) is 9.47 Å². The highest BCUT2D eigenvalue weighted by Crippen LogP contribution is 2.37. The molecule has 178 valence electrons. The fourth-order valence-electron chi connectivity index (χ4n) is 2.93. The molecule has 0 atom stereocenters. The van der Waals surface area contributed by atoms with Crippen molar-refractivity contribution >= 4 is 51.5 Å². The molecule has 3 rings (SSSR count). The number of ether oxygens (including phenoxy) is 3. The number of methoxy groups -OCH3 is 2. The second-order valence-electron chi connectivity index (χ2n) is 6.81. The highest BCUT2D eigenvalue weighted by atomic mass is 79.9. The first-order chi connectivity index (χ1) is 16.2. The smallest absolute Gasteiger partial charge is 0.343 e. The van der Waals surface area contributed by atoms with E-state index in [1.165, 1.54) is 50.6 Å². The van der Waals surface area contributed by atoms with E-state index in [0.717, 1.165) is 0 Å². The van der Waals surface area contributed by atoms with E-state index in [9.17, 15) is 23.6 Å². The second kappa shape index (κ2) is 10.8. The number of carbonyl (C=O) groups is 4. The van der Waals surface area contributed by atoms with Crippen molar-refractivity contribution in [3.05, 3.63) is 57.9 Å². The van der Waals surface area contributed by atoms with Gasteiger partial charge in [-0.3, -0.25) is 9.59 Å². The molecule has 0 aromatic heterocycles. The van der Waals surface area contributed by atoms with Gasteiger partial charge in [0.05, 0.1) is 24.4 Å². The van der Waals surface area contributed by atoms with Crippen molar-refractivity contribution in [2.45, 2.75) is 0 Å². The summed E-state index contributed by atoms with van der Waals surface area (Å²) >= 11 is 3.32. The Hall–Kier alpha value is -3.93. The third-order valence-electron chi connectivity index (χ3n) is 4.54. The summed E-state index contributed by atoms with van der Waals surface area (Å²) in [5, 5.41) is 4.72. The summed E-state index contributed by atoms with van der Waals surface area (Å²) in [5.74, 6) is -2.22. The van der Waals surface area contributed by atoms with Crippen LogP contribution in [0.15, 0.2) is 46.6 Å². The summed E-state index contributed by atoms with van der Waals surface area (Å²) in [6.45, 7) is -0.950. The summed E-state index contributed by atoms with van der Waals surface area (Å²) < 4.78 is 29.4. The molecule has 1 aliphatic rings. The predicted octanol–water partition coefficient (Wildman–Crippen LogP) is 2.68. The first kappa shape index (κ1) is 24.7. The SMILES string of the molecule is COC(=O)COc1c(Br)cc(/C=C2/NC(=O)N(CC(=O)Nc3ccccc3F)C2=O)cc1OC. The Morgan fingerprint density at radius 2 is 1.94 bits per heavy atom. The van der Waals surface area contributed by atoms with Gasteiger partial charge in [-0.2, -0.15) is 0 Å². The Labute approximate surface area is 201 Å². The zero-order valence-corrected chi connectivity index (χ0v) is 19.6. The number of anilines is 1. The molecular formula is C22H19BrFN3O7. The van der Waals surface area contributed by atoms with Crippen molar-refractivity contribution in [2.75, 3.05) is 32.7 Å². The Kier molecular flexibility index (Phi) is 7.84. The molecular weight excluding hydrogens is 517 g/mol.